The Morgan fingerprint density at radius 3 is 1.85 bits per heavy atom. The monoisotopic (exact) mass is 185 g/mol. The molecule has 0 rings (SSSR count). The predicted molar refractivity (Wildman–Crippen MR) is 56.5 cm³/mol. The minimum absolute atomic E-state index is 0.183. The molecule has 13 heavy (non-hydrogen) atoms. The molecule has 0 bridgehead atoms. The van der Waals surface area contributed by atoms with E-state index in [-0.39, 0.29) is 5.91 Å². The number of rotatable bonds is 4. The first-order valence-electron chi connectivity index (χ1n) is 5.13. The lowest BCUT2D eigenvalue weighted by atomic mass is 9.97. The van der Waals surface area contributed by atoms with Crippen molar-refractivity contribution >= 4 is 5.91 Å². The molecule has 0 aliphatic heterocycles. The fraction of sp³-hybridized carbons (Fsp3) is 0.909. The van der Waals surface area contributed by atoms with Crippen LogP contribution in [0.1, 0.15) is 41.5 Å². The molecule has 0 saturated heterocycles. The van der Waals surface area contributed by atoms with Crippen LogP contribution in [0.25, 0.3) is 0 Å². The minimum atomic E-state index is 0.183. The molecule has 0 N–H and O–H groups in total. The zero-order valence-corrected chi connectivity index (χ0v) is 9.79. The molecule has 2 nitrogen and oxygen atoms in total. The average molecular weight is 185 g/mol. The van der Waals surface area contributed by atoms with Crippen LogP contribution in [0.5, 0.6) is 0 Å². The summed E-state index contributed by atoms with van der Waals surface area (Å²) in [6.45, 7) is 13.2. The molecule has 0 aliphatic rings. The van der Waals surface area contributed by atoms with Crippen molar-refractivity contribution in [3.05, 3.63) is 0 Å². The Bertz CT molecular complexity index is 163. The highest BCUT2D eigenvalue weighted by atomic mass is 16.2. The van der Waals surface area contributed by atoms with Gasteiger partial charge in [0.25, 0.3) is 0 Å². The van der Waals surface area contributed by atoms with Crippen LogP contribution in [0.3, 0.4) is 0 Å². The van der Waals surface area contributed by atoms with Gasteiger partial charge in [0.1, 0.15) is 0 Å². The van der Waals surface area contributed by atoms with Crippen LogP contribution in [-0.2, 0) is 4.79 Å². The molecule has 1 unspecified atom stereocenters. The zero-order valence-electron chi connectivity index (χ0n) is 9.79. The van der Waals surface area contributed by atoms with Gasteiger partial charge >= 0.3 is 0 Å². The molecule has 0 aromatic heterocycles. The van der Waals surface area contributed by atoms with Gasteiger partial charge in [0.05, 0.1) is 0 Å². The third kappa shape index (κ3) is 4.30. The molecule has 0 heterocycles. The molecule has 0 aliphatic carbocycles. The normalized spacial score (nSPS) is 13.5. The highest BCUT2D eigenvalue weighted by Crippen LogP contribution is 2.13. The summed E-state index contributed by atoms with van der Waals surface area (Å²) in [6, 6.07) is 0.318. The Hall–Kier alpha value is -0.530. The van der Waals surface area contributed by atoms with Crippen LogP contribution in [0, 0.1) is 11.8 Å². The van der Waals surface area contributed by atoms with Crippen molar-refractivity contribution in [2.45, 2.75) is 47.6 Å². The average Bonchev–Trinajstić information content (AvgIpc) is 1.97. The zero-order chi connectivity index (χ0) is 10.6. The Morgan fingerprint density at radius 1 is 1.15 bits per heavy atom. The minimum Gasteiger partial charge on any atom is -0.340 e. The van der Waals surface area contributed by atoms with E-state index in [2.05, 4.69) is 34.6 Å². The number of carbonyl (C=O) groups is 1. The van der Waals surface area contributed by atoms with Crippen LogP contribution < -0.4 is 0 Å². The first-order chi connectivity index (χ1) is 5.86. The predicted octanol–water partition coefficient (Wildman–Crippen LogP) is 2.54. The molecule has 0 spiro atoms. The molecule has 0 saturated carbocycles. The molecular formula is C11H23NO. The maximum absolute atomic E-state index is 11.3. The van der Waals surface area contributed by atoms with Crippen molar-refractivity contribution in [2.75, 3.05) is 6.54 Å². The second kappa shape index (κ2) is 5.25. The second-order valence-corrected chi connectivity index (χ2v) is 4.49. The topological polar surface area (TPSA) is 20.3 Å². The van der Waals surface area contributed by atoms with E-state index in [1.165, 1.54) is 0 Å². The lowest BCUT2D eigenvalue weighted by Gasteiger charge is -2.29. The van der Waals surface area contributed by atoms with Gasteiger partial charge in [0.15, 0.2) is 0 Å². The van der Waals surface area contributed by atoms with Crippen molar-refractivity contribution in [3.63, 3.8) is 0 Å². The van der Waals surface area contributed by atoms with Gasteiger partial charge in [-0.15, -0.1) is 0 Å². The molecule has 78 valence electrons. The molecule has 0 radical (unpaired) electrons. The molecule has 1 atom stereocenters. The molecule has 0 fully saturated rings. The number of carbonyl (C=O) groups excluding carboxylic acids is 1. The number of nitrogens with zero attached hydrogens (tertiary/aromatic N) is 1. The van der Waals surface area contributed by atoms with E-state index in [1.807, 2.05) is 4.90 Å². The van der Waals surface area contributed by atoms with Crippen LogP contribution in [-0.4, -0.2) is 23.4 Å². The van der Waals surface area contributed by atoms with Crippen molar-refractivity contribution in [3.8, 4) is 0 Å². The molecule has 1 amide bonds. The number of amides is 1. The van der Waals surface area contributed by atoms with Gasteiger partial charge in [-0.1, -0.05) is 20.8 Å². The third-order valence-corrected chi connectivity index (χ3v) is 2.65. The summed E-state index contributed by atoms with van der Waals surface area (Å²) in [5.74, 6) is 1.40. The summed E-state index contributed by atoms with van der Waals surface area (Å²) in [7, 11) is 0. The van der Waals surface area contributed by atoms with Gasteiger partial charge < -0.3 is 4.90 Å². The second-order valence-electron chi connectivity index (χ2n) is 4.49. The smallest absolute Gasteiger partial charge is 0.219 e. The Balaban J connectivity index is 4.18. The van der Waals surface area contributed by atoms with Gasteiger partial charge in [-0.25, -0.2) is 0 Å². The van der Waals surface area contributed by atoms with E-state index in [1.54, 1.807) is 6.92 Å². The summed E-state index contributed by atoms with van der Waals surface area (Å²) in [4.78, 5) is 13.2. The maximum atomic E-state index is 11.3. The van der Waals surface area contributed by atoms with E-state index in [4.69, 9.17) is 0 Å². The molecule has 2 heteroatoms. The third-order valence-electron chi connectivity index (χ3n) is 2.65. The fourth-order valence-electron chi connectivity index (χ4n) is 1.22. The SMILES string of the molecule is CC(=O)N(CC(C)C(C)C)C(C)C. The van der Waals surface area contributed by atoms with E-state index in [0.717, 1.165) is 6.54 Å². The first-order valence-corrected chi connectivity index (χ1v) is 5.13. The van der Waals surface area contributed by atoms with Gasteiger partial charge in [-0.3, -0.25) is 4.79 Å². The standard InChI is InChI=1S/C11H23NO/c1-8(2)10(5)7-12(9(3)4)11(6)13/h8-10H,7H2,1-6H3. The fourth-order valence-corrected chi connectivity index (χ4v) is 1.22. The largest absolute Gasteiger partial charge is 0.340 e. The maximum Gasteiger partial charge on any atom is 0.219 e. The summed E-state index contributed by atoms with van der Waals surface area (Å²) in [5.41, 5.74) is 0. The summed E-state index contributed by atoms with van der Waals surface area (Å²) in [6.07, 6.45) is 0. The molecular weight excluding hydrogens is 162 g/mol. The van der Waals surface area contributed by atoms with Gasteiger partial charge in [-0.05, 0) is 25.7 Å². The van der Waals surface area contributed by atoms with Gasteiger partial charge in [-0.2, -0.15) is 0 Å². The highest BCUT2D eigenvalue weighted by Gasteiger charge is 2.17. The lowest BCUT2D eigenvalue weighted by molar-refractivity contribution is -0.131. The van der Waals surface area contributed by atoms with Gasteiger partial charge in [0.2, 0.25) is 5.91 Å². The summed E-state index contributed by atoms with van der Waals surface area (Å²) in [5, 5.41) is 0. The Labute approximate surface area is 82.3 Å². The van der Waals surface area contributed by atoms with Crippen LogP contribution >= 0.6 is 0 Å². The summed E-state index contributed by atoms with van der Waals surface area (Å²) < 4.78 is 0. The number of hydrogen-bond donors (Lipinski definition) is 0. The number of hydrogen-bond acceptors (Lipinski definition) is 1. The van der Waals surface area contributed by atoms with Crippen molar-refractivity contribution in [2.24, 2.45) is 11.8 Å². The Morgan fingerprint density at radius 2 is 1.62 bits per heavy atom. The van der Waals surface area contributed by atoms with E-state index >= 15 is 0 Å². The van der Waals surface area contributed by atoms with Crippen molar-refractivity contribution in [1.29, 1.82) is 0 Å². The van der Waals surface area contributed by atoms with Crippen LogP contribution in [0.15, 0.2) is 0 Å². The molecule has 0 aromatic carbocycles. The van der Waals surface area contributed by atoms with E-state index in [0.29, 0.717) is 17.9 Å². The van der Waals surface area contributed by atoms with E-state index < -0.39 is 0 Å². The first kappa shape index (κ1) is 12.5. The molecule has 0 aromatic rings. The highest BCUT2D eigenvalue weighted by molar-refractivity contribution is 5.73. The van der Waals surface area contributed by atoms with Gasteiger partial charge in [0, 0.05) is 19.5 Å². The lowest BCUT2D eigenvalue weighted by Crippen LogP contribution is -2.39. The quantitative estimate of drug-likeness (QED) is 0.659. The van der Waals surface area contributed by atoms with Crippen molar-refractivity contribution < 1.29 is 4.79 Å². The summed E-state index contributed by atoms with van der Waals surface area (Å²) >= 11 is 0. The van der Waals surface area contributed by atoms with E-state index in [9.17, 15) is 4.79 Å². The van der Waals surface area contributed by atoms with Crippen molar-refractivity contribution in [1.82, 2.24) is 4.90 Å². The van der Waals surface area contributed by atoms with Crippen LogP contribution in [0.4, 0.5) is 0 Å². The Kier molecular flexibility index (Phi) is 5.04. The van der Waals surface area contributed by atoms with Crippen LogP contribution in [0.2, 0.25) is 0 Å².